The highest BCUT2D eigenvalue weighted by atomic mass is 15.3. The summed E-state index contributed by atoms with van der Waals surface area (Å²) in [6.07, 6.45) is 10.1. The lowest BCUT2D eigenvalue weighted by atomic mass is 9.73. The Balaban J connectivity index is 1.76. The molecule has 92 valence electrons. The number of nitrogens with one attached hydrogen (secondary N) is 1. The maximum Gasteiger partial charge on any atom is 0.0337 e. The van der Waals surface area contributed by atoms with E-state index in [1.807, 2.05) is 0 Å². The standard InChI is InChI=1S/C14H26N2/c1-12-5-7-14(8-6-12)11-15-10-13-4-2-3-9-16(13)14/h12-13,15H,2-11H2,1H3. The fourth-order valence-corrected chi connectivity index (χ4v) is 4.17. The molecule has 0 aromatic carbocycles. The van der Waals surface area contributed by atoms with E-state index in [2.05, 4.69) is 17.1 Å². The van der Waals surface area contributed by atoms with E-state index in [-0.39, 0.29) is 0 Å². The molecular weight excluding hydrogens is 196 g/mol. The molecule has 3 rings (SSSR count). The number of piperazine rings is 1. The molecule has 2 saturated heterocycles. The molecule has 1 saturated carbocycles. The molecule has 1 unspecified atom stereocenters. The van der Waals surface area contributed by atoms with Gasteiger partial charge < -0.3 is 5.32 Å². The van der Waals surface area contributed by atoms with Gasteiger partial charge in [0.2, 0.25) is 0 Å². The summed E-state index contributed by atoms with van der Waals surface area (Å²) in [6.45, 7) is 6.31. The Morgan fingerprint density at radius 2 is 1.94 bits per heavy atom. The van der Waals surface area contributed by atoms with Gasteiger partial charge in [-0.1, -0.05) is 13.3 Å². The van der Waals surface area contributed by atoms with E-state index >= 15 is 0 Å². The highest BCUT2D eigenvalue weighted by Crippen LogP contribution is 2.40. The van der Waals surface area contributed by atoms with Gasteiger partial charge in [-0.15, -0.1) is 0 Å². The van der Waals surface area contributed by atoms with Crippen LogP contribution in [-0.4, -0.2) is 36.1 Å². The molecule has 16 heavy (non-hydrogen) atoms. The molecule has 2 heteroatoms. The Morgan fingerprint density at radius 3 is 2.75 bits per heavy atom. The quantitative estimate of drug-likeness (QED) is 0.677. The lowest BCUT2D eigenvalue weighted by Crippen LogP contribution is -2.67. The highest BCUT2D eigenvalue weighted by Gasteiger charge is 2.45. The molecule has 3 aliphatic rings. The van der Waals surface area contributed by atoms with Crippen LogP contribution in [0.4, 0.5) is 0 Å². The summed E-state index contributed by atoms with van der Waals surface area (Å²) >= 11 is 0. The van der Waals surface area contributed by atoms with E-state index in [1.165, 1.54) is 64.6 Å². The monoisotopic (exact) mass is 222 g/mol. The SMILES string of the molecule is CC1CCC2(CC1)CNCC1CCCCN12. The largest absolute Gasteiger partial charge is 0.313 e. The third kappa shape index (κ3) is 1.80. The van der Waals surface area contributed by atoms with Crippen LogP contribution in [0.3, 0.4) is 0 Å². The number of hydrogen-bond donors (Lipinski definition) is 1. The summed E-state index contributed by atoms with van der Waals surface area (Å²) in [4.78, 5) is 2.90. The second-order valence-electron chi connectivity index (χ2n) is 6.38. The van der Waals surface area contributed by atoms with Crippen molar-refractivity contribution in [2.75, 3.05) is 19.6 Å². The second kappa shape index (κ2) is 4.30. The zero-order valence-corrected chi connectivity index (χ0v) is 10.7. The van der Waals surface area contributed by atoms with Crippen LogP contribution in [0.15, 0.2) is 0 Å². The minimum atomic E-state index is 0.551. The summed E-state index contributed by atoms with van der Waals surface area (Å²) in [7, 11) is 0. The molecule has 0 aromatic rings. The molecule has 0 radical (unpaired) electrons. The van der Waals surface area contributed by atoms with Gasteiger partial charge in [-0.3, -0.25) is 4.90 Å². The third-order valence-electron chi connectivity index (χ3n) is 5.28. The summed E-state index contributed by atoms with van der Waals surface area (Å²) in [5.74, 6) is 0.968. The summed E-state index contributed by atoms with van der Waals surface area (Å²) in [6, 6.07) is 0.857. The predicted molar refractivity (Wildman–Crippen MR) is 67.6 cm³/mol. The molecule has 1 atom stereocenters. The van der Waals surface area contributed by atoms with Crippen molar-refractivity contribution >= 4 is 0 Å². The number of rotatable bonds is 0. The van der Waals surface area contributed by atoms with Crippen LogP contribution >= 0.6 is 0 Å². The molecule has 1 N–H and O–H groups in total. The molecule has 1 spiro atoms. The van der Waals surface area contributed by atoms with E-state index in [4.69, 9.17) is 0 Å². The van der Waals surface area contributed by atoms with Crippen LogP contribution in [0.2, 0.25) is 0 Å². The first-order valence-corrected chi connectivity index (χ1v) is 7.28. The fraction of sp³-hybridized carbons (Fsp3) is 1.00. The second-order valence-corrected chi connectivity index (χ2v) is 6.38. The lowest BCUT2D eigenvalue weighted by molar-refractivity contribution is -0.0383. The van der Waals surface area contributed by atoms with Crippen LogP contribution in [0.5, 0.6) is 0 Å². The fourth-order valence-electron chi connectivity index (χ4n) is 4.17. The van der Waals surface area contributed by atoms with Crippen molar-refractivity contribution in [1.82, 2.24) is 10.2 Å². The van der Waals surface area contributed by atoms with Crippen molar-refractivity contribution in [1.29, 1.82) is 0 Å². The van der Waals surface area contributed by atoms with E-state index in [1.54, 1.807) is 0 Å². The van der Waals surface area contributed by atoms with Crippen LogP contribution in [0.25, 0.3) is 0 Å². The first-order chi connectivity index (χ1) is 7.80. The molecule has 2 aliphatic heterocycles. The Hall–Kier alpha value is -0.0800. The maximum absolute atomic E-state index is 3.72. The van der Waals surface area contributed by atoms with Gasteiger partial charge in [0, 0.05) is 24.7 Å². The number of nitrogens with zero attached hydrogens (tertiary/aromatic N) is 1. The van der Waals surface area contributed by atoms with Gasteiger partial charge >= 0.3 is 0 Å². The summed E-state index contributed by atoms with van der Waals surface area (Å²) in [5.41, 5.74) is 0.551. The van der Waals surface area contributed by atoms with Crippen molar-refractivity contribution < 1.29 is 0 Å². The molecular formula is C14H26N2. The van der Waals surface area contributed by atoms with Crippen LogP contribution in [-0.2, 0) is 0 Å². The van der Waals surface area contributed by atoms with E-state index in [0.717, 1.165) is 12.0 Å². The lowest BCUT2D eigenvalue weighted by Gasteiger charge is -2.56. The normalized spacial score (nSPS) is 45.6. The molecule has 0 bridgehead atoms. The van der Waals surface area contributed by atoms with Crippen molar-refractivity contribution in [2.45, 2.75) is 63.5 Å². The smallest absolute Gasteiger partial charge is 0.0337 e. The summed E-state index contributed by atoms with van der Waals surface area (Å²) in [5, 5.41) is 3.72. The average Bonchev–Trinajstić information content (AvgIpc) is 2.34. The van der Waals surface area contributed by atoms with Crippen molar-refractivity contribution in [3.8, 4) is 0 Å². The summed E-state index contributed by atoms with van der Waals surface area (Å²) < 4.78 is 0. The molecule has 3 fully saturated rings. The maximum atomic E-state index is 3.72. The first kappa shape index (κ1) is 11.0. The Kier molecular flexibility index (Phi) is 2.97. The van der Waals surface area contributed by atoms with Gasteiger partial charge in [-0.05, 0) is 51.0 Å². The molecule has 0 aromatic heterocycles. The van der Waals surface area contributed by atoms with E-state index in [9.17, 15) is 0 Å². The number of fused-ring (bicyclic) bond motifs is 2. The molecule has 0 amide bonds. The first-order valence-electron chi connectivity index (χ1n) is 7.28. The Bertz CT molecular complexity index is 241. The van der Waals surface area contributed by atoms with E-state index < -0.39 is 0 Å². The van der Waals surface area contributed by atoms with Crippen molar-refractivity contribution in [3.63, 3.8) is 0 Å². The van der Waals surface area contributed by atoms with Crippen molar-refractivity contribution in [2.24, 2.45) is 5.92 Å². The van der Waals surface area contributed by atoms with Crippen LogP contribution in [0, 0.1) is 5.92 Å². The highest BCUT2D eigenvalue weighted by molar-refractivity contribution is 5.03. The van der Waals surface area contributed by atoms with Crippen molar-refractivity contribution in [3.05, 3.63) is 0 Å². The van der Waals surface area contributed by atoms with Gasteiger partial charge in [0.1, 0.15) is 0 Å². The minimum absolute atomic E-state index is 0.551. The third-order valence-corrected chi connectivity index (χ3v) is 5.28. The Morgan fingerprint density at radius 1 is 1.12 bits per heavy atom. The molecule has 1 aliphatic carbocycles. The molecule has 2 heterocycles. The van der Waals surface area contributed by atoms with Gasteiger partial charge in [0.15, 0.2) is 0 Å². The molecule has 2 nitrogen and oxygen atoms in total. The minimum Gasteiger partial charge on any atom is -0.313 e. The number of hydrogen-bond acceptors (Lipinski definition) is 2. The zero-order valence-electron chi connectivity index (χ0n) is 10.7. The van der Waals surface area contributed by atoms with Gasteiger partial charge in [-0.2, -0.15) is 0 Å². The average molecular weight is 222 g/mol. The zero-order chi connectivity index (χ0) is 11.0. The van der Waals surface area contributed by atoms with E-state index in [0.29, 0.717) is 5.54 Å². The number of piperidine rings is 1. The van der Waals surface area contributed by atoms with Crippen LogP contribution in [0.1, 0.15) is 51.9 Å². The van der Waals surface area contributed by atoms with Gasteiger partial charge in [0.05, 0.1) is 0 Å². The van der Waals surface area contributed by atoms with Gasteiger partial charge in [-0.25, -0.2) is 0 Å². The Labute approximate surface area is 99.8 Å². The predicted octanol–water partition coefficient (Wildman–Crippen LogP) is 2.39. The van der Waals surface area contributed by atoms with Crippen LogP contribution < -0.4 is 5.32 Å². The topological polar surface area (TPSA) is 15.3 Å². The van der Waals surface area contributed by atoms with Gasteiger partial charge in [0.25, 0.3) is 0 Å².